The minimum Gasteiger partial charge on any atom is -0.289 e. The molecular weight excluding hydrogens is 421 g/mol. The number of aromatic nitrogens is 6. The van der Waals surface area contributed by atoms with Crippen molar-refractivity contribution >= 4 is 22.9 Å². The first-order valence-electron chi connectivity index (χ1n) is 10.4. The van der Waals surface area contributed by atoms with E-state index < -0.39 is 0 Å². The Labute approximate surface area is 188 Å². The molecule has 8 nitrogen and oxygen atoms in total. The molecule has 0 aliphatic rings. The van der Waals surface area contributed by atoms with E-state index in [0.717, 1.165) is 5.56 Å². The maximum absolute atomic E-state index is 13.4. The predicted octanol–water partition coefficient (Wildman–Crippen LogP) is 4.07. The Morgan fingerprint density at radius 3 is 2.55 bits per heavy atom. The van der Waals surface area contributed by atoms with Gasteiger partial charge in [0.05, 0.1) is 28.9 Å². The molecule has 3 aromatic heterocycles. The van der Waals surface area contributed by atoms with Gasteiger partial charge in [0.1, 0.15) is 12.1 Å². The molecule has 0 aliphatic carbocycles. The van der Waals surface area contributed by atoms with Gasteiger partial charge in [-0.05, 0) is 49.7 Å². The van der Waals surface area contributed by atoms with Gasteiger partial charge in [0.2, 0.25) is 5.95 Å². The second-order valence-electron chi connectivity index (χ2n) is 7.69. The molecule has 0 saturated heterocycles. The first-order chi connectivity index (χ1) is 16.0. The fraction of sp³-hybridized carbons (Fsp3) is 0.125. The van der Waals surface area contributed by atoms with E-state index in [1.54, 1.807) is 40.8 Å². The minimum absolute atomic E-state index is 0.210. The fourth-order valence-electron chi connectivity index (χ4n) is 3.72. The van der Waals surface area contributed by atoms with Gasteiger partial charge in [-0.15, -0.1) is 5.10 Å². The van der Waals surface area contributed by atoms with Crippen molar-refractivity contribution in [1.82, 2.24) is 29.5 Å². The number of hydrogen-bond donors (Lipinski definition) is 1. The summed E-state index contributed by atoms with van der Waals surface area (Å²) in [4.78, 5) is 22.0. The lowest BCUT2D eigenvalue weighted by Crippen LogP contribution is -2.15. The van der Waals surface area contributed by atoms with Crippen molar-refractivity contribution in [3.8, 4) is 5.69 Å². The number of aryl methyl sites for hydroxylation is 2. The maximum Gasteiger partial charge on any atom is 0.258 e. The monoisotopic (exact) mass is 441 g/mol. The summed E-state index contributed by atoms with van der Waals surface area (Å²) in [5.41, 5.74) is 3.96. The van der Waals surface area contributed by atoms with Gasteiger partial charge in [-0.2, -0.15) is 5.10 Å². The molecule has 164 valence electrons. The van der Waals surface area contributed by atoms with E-state index in [9.17, 15) is 9.18 Å². The molecular formula is C24H20FN7O. The predicted molar refractivity (Wildman–Crippen MR) is 122 cm³/mol. The van der Waals surface area contributed by atoms with Crippen LogP contribution in [0.5, 0.6) is 0 Å². The number of pyridine rings is 1. The van der Waals surface area contributed by atoms with Crippen molar-refractivity contribution in [2.75, 3.05) is 5.32 Å². The van der Waals surface area contributed by atoms with E-state index in [1.807, 2.05) is 37.3 Å². The third-order valence-corrected chi connectivity index (χ3v) is 5.21. The highest BCUT2D eigenvalue weighted by molar-refractivity contribution is 6.12. The molecule has 0 saturated carbocycles. The van der Waals surface area contributed by atoms with Crippen LogP contribution in [0.1, 0.15) is 27.3 Å². The summed E-state index contributed by atoms with van der Waals surface area (Å²) in [6.07, 6.45) is 1.58. The van der Waals surface area contributed by atoms with Crippen molar-refractivity contribution in [2.24, 2.45) is 0 Å². The topological polar surface area (TPSA) is 90.5 Å². The van der Waals surface area contributed by atoms with Crippen LogP contribution in [-0.2, 0) is 6.54 Å². The average Bonchev–Trinajstić information content (AvgIpc) is 3.38. The number of hydrogen-bond acceptors (Lipinski definition) is 5. The van der Waals surface area contributed by atoms with E-state index in [-0.39, 0.29) is 17.7 Å². The van der Waals surface area contributed by atoms with Gasteiger partial charge < -0.3 is 0 Å². The van der Waals surface area contributed by atoms with Crippen LogP contribution in [0.4, 0.5) is 10.3 Å². The maximum atomic E-state index is 13.4. The lowest BCUT2D eigenvalue weighted by Gasteiger charge is -2.07. The quantitative estimate of drug-likeness (QED) is 0.444. The molecule has 0 aliphatic heterocycles. The van der Waals surface area contributed by atoms with Gasteiger partial charge in [-0.25, -0.2) is 23.7 Å². The lowest BCUT2D eigenvalue weighted by atomic mass is 10.1. The largest absolute Gasteiger partial charge is 0.289 e. The second-order valence-corrected chi connectivity index (χ2v) is 7.69. The van der Waals surface area contributed by atoms with E-state index in [2.05, 4.69) is 25.5 Å². The van der Waals surface area contributed by atoms with Crippen molar-refractivity contribution in [2.45, 2.75) is 20.4 Å². The number of fused-ring (bicyclic) bond motifs is 1. The third-order valence-electron chi connectivity index (χ3n) is 5.21. The summed E-state index contributed by atoms with van der Waals surface area (Å²) in [6.45, 7) is 4.16. The van der Waals surface area contributed by atoms with Gasteiger partial charge in [-0.1, -0.05) is 30.3 Å². The molecule has 0 radical (unpaired) electrons. The van der Waals surface area contributed by atoms with Crippen molar-refractivity contribution in [3.63, 3.8) is 0 Å². The fourth-order valence-corrected chi connectivity index (χ4v) is 3.72. The van der Waals surface area contributed by atoms with Crippen LogP contribution in [-0.4, -0.2) is 35.4 Å². The molecule has 0 spiro atoms. The van der Waals surface area contributed by atoms with Gasteiger partial charge in [0.25, 0.3) is 5.91 Å². The average molecular weight is 441 g/mol. The summed E-state index contributed by atoms with van der Waals surface area (Å²) in [6, 6.07) is 17.5. The highest BCUT2D eigenvalue weighted by atomic mass is 19.1. The number of anilines is 1. The van der Waals surface area contributed by atoms with Gasteiger partial charge in [-0.3, -0.25) is 10.1 Å². The second kappa shape index (κ2) is 8.27. The van der Waals surface area contributed by atoms with Crippen LogP contribution in [0.25, 0.3) is 16.7 Å². The number of amides is 1. The molecule has 0 fully saturated rings. The standard InChI is InChI=1S/C24H20FN7O/c1-15-12-20(21-16(2)29-32(22(21)27-15)19-10-8-18(25)9-11-19)23(33)28-24-26-14-31(30-24)13-17-6-4-3-5-7-17/h3-12,14H,13H2,1-2H3,(H,28,30,33). The van der Waals surface area contributed by atoms with Crippen molar-refractivity contribution in [1.29, 1.82) is 0 Å². The van der Waals surface area contributed by atoms with Gasteiger partial charge in [0.15, 0.2) is 5.65 Å². The van der Waals surface area contributed by atoms with E-state index >= 15 is 0 Å². The lowest BCUT2D eigenvalue weighted by molar-refractivity contribution is 0.102. The Kier molecular flexibility index (Phi) is 5.14. The zero-order valence-corrected chi connectivity index (χ0v) is 18.0. The SMILES string of the molecule is Cc1cc(C(=O)Nc2ncn(Cc3ccccc3)n2)c2c(C)nn(-c3ccc(F)cc3)c2n1. The molecule has 33 heavy (non-hydrogen) atoms. The number of benzene rings is 2. The summed E-state index contributed by atoms with van der Waals surface area (Å²) in [7, 11) is 0. The number of nitrogens with zero attached hydrogens (tertiary/aromatic N) is 6. The molecule has 1 amide bonds. The van der Waals surface area contributed by atoms with E-state index in [0.29, 0.717) is 40.2 Å². The normalized spacial score (nSPS) is 11.1. The zero-order chi connectivity index (χ0) is 22.9. The van der Waals surface area contributed by atoms with Crippen LogP contribution in [0.15, 0.2) is 67.0 Å². The van der Waals surface area contributed by atoms with Crippen LogP contribution < -0.4 is 5.32 Å². The first kappa shape index (κ1) is 20.5. The minimum atomic E-state index is -0.357. The molecule has 3 heterocycles. The number of nitrogens with one attached hydrogen (secondary N) is 1. The highest BCUT2D eigenvalue weighted by Crippen LogP contribution is 2.25. The summed E-state index contributed by atoms with van der Waals surface area (Å²) < 4.78 is 16.6. The summed E-state index contributed by atoms with van der Waals surface area (Å²) in [5.74, 6) is -0.484. The Bertz CT molecular complexity index is 1460. The van der Waals surface area contributed by atoms with Crippen molar-refractivity contribution in [3.05, 3.63) is 95.3 Å². The molecule has 2 aromatic carbocycles. The highest BCUT2D eigenvalue weighted by Gasteiger charge is 2.20. The Morgan fingerprint density at radius 1 is 1.03 bits per heavy atom. The number of rotatable bonds is 5. The number of carbonyl (C=O) groups excluding carboxylic acids is 1. The molecule has 5 aromatic rings. The number of halogens is 1. The smallest absolute Gasteiger partial charge is 0.258 e. The van der Waals surface area contributed by atoms with E-state index in [1.165, 1.54) is 12.1 Å². The Hall–Kier alpha value is -4.40. The van der Waals surface area contributed by atoms with Crippen LogP contribution in [0.3, 0.4) is 0 Å². The molecule has 0 unspecified atom stereocenters. The molecule has 0 bridgehead atoms. The van der Waals surface area contributed by atoms with Crippen LogP contribution in [0.2, 0.25) is 0 Å². The van der Waals surface area contributed by atoms with Crippen molar-refractivity contribution < 1.29 is 9.18 Å². The van der Waals surface area contributed by atoms with Gasteiger partial charge in [0, 0.05) is 5.69 Å². The Balaban J connectivity index is 1.46. The van der Waals surface area contributed by atoms with E-state index in [4.69, 9.17) is 0 Å². The third kappa shape index (κ3) is 4.08. The van der Waals surface area contributed by atoms with Crippen LogP contribution >= 0.6 is 0 Å². The molecule has 5 rings (SSSR count). The Morgan fingerprint density at radius 2 is 1.79 bits per heavy atom. The summed E-state index contributed by atoms with van der Waals surface area (Å²) >= 11 is 0. The molecule has 9 heteroatoms. The zero-order valence-electron chi connectivity index (χ0n) is 18.0. The van der Waals surface area contributed by atoms with Crippen LogP contribution in [0, 0.1) is 19.7 Å². The number of carbonyl (C=O) groups is 1. The molecule has 0 atom stereocenters. The van der Waals surface area contributed by atoms with Gasteiger partial charge >= 0.3 is 0 Å². The first-order valence-corrected chi connectivity index (χ1v) is 10.4. The molecule has 1 N–H and O–H groups in total. The summed E-state index contributed by atoms with van der Waals surface area (Å²) in [5, 5.41) is 12.3.